The maximum atomic E-state index is 11.9. The minimum atomic E-state index is -0.370. The highest BCUT2D eigenvalue weighted by atomic mass is 16.2. The molecule has 0 aliphatic heterocycles. The van der Waals surface area contributed by atoms with Crippen LogP contribution in [0.2, 0.25) is 0 Å². The van der Waals surface area contributed by atoms with Gasteiger partial charge in [0.05, 0.1) is 5.92 Å². The number of amides is 2. The van der Waals surface area contributed by atoms with Crippen molar-refractivity contribution < 1.29 is 9.59 Å². The number of nitrogens with one attached hydrogen (secondary N) is 1. The number of benzene rings is 2. The minimum Gasteiger partial charge on any atom is -0.399 e. The fourth-order valence-corrected chi connectivity index (χ4v) is 2.63. The fraction of sp³-hybridized carbons (Fsp3) is 0.263. The van der Waals surface area contributed by atoms with E-state index in [-0.39, 0.29) is 17.7 Å². The number of nitrogen functional groups attached to an aromatic ring is 1. The van der Waals surface area contributed by atoms with E-state index in [1.54, 1.807) is 12.1 Å². The van der Waals surface area contributed by atoms with Gasteiger partial charge in [0.2, 0.25) is 11.8 Å². The lowest BCUT2D eigenvalue weighted by Gasteiger charge is -2.14. The van der Waals surface area contributed by atoms with Crippen LogP contribution >= 0.6 is 0 Å². The van der Waals surface area contributed by atoms with Crippen molar-refractivity contribution in [3.05, 3.63) is 60.2 Å². The summed E-state index contributed by atoms with van der Waals surface area (Å²) in [6, 6.07) is 16.6. The van der Waals surface area contributed by atoms with Crippen LogP contribution in [-0.4, -0.2) is 11.8 Å². The summed E-state index contributed by atoms with van der Waals surface area (Å²) in [5, 5.41) is 2.84. The average molecular weight is 325 g/mol. The van der Waals surface area contributed by atoms with Crippen LogP contribution in [0.4, 0.5) is 11.4 Å². The lowest BCUT2D eigenvalue weighted by Crippen LogP contribution is -2.21. The van der Waals surface area contributed by atoms with Crippen LogP contribution in [0.3, 0.4) is 0 Å². The summed E-state index contributed by atoms with van der Waals surface area (Å²) in [5.74, 6) is -0.763. The molecule has 2 aromatic carbocycles. The second-order valence-corrected chi connectivity index (χ2v) is 5.79. The molecule has 5 heteroatoms. The molecule has 0 saturated heterocycles. The monoisotopic (exact) mass is 325 g/mol. The highest BCUT2D eigenvalue weighted by Crippen LogP contribution is 2.24. The van der Waals surface area contributed by atoms with E-state index < -0.39 is 0 Å². The van der Waals surface area contributed by atoms with Gasteiger partial charge in [-0.2, -0.15) is 0 Å². The van der Waals surface area contributed by atoms with Gasteiger partial charge in [-0.1, -0.05) is 36.8 Å². The summed E-state index contributed by atoms with van der Waals surface area (Å²) in [5.41, 5.74) is 13.5. The Morgan fingerprint density at radius 3 is 2.42 bits per heavy atom. The maximum Gasteiger partial charge on any atom is 0.224 e. The third-order valence-corrected chi connectivity index (χ3v) is 3.86. The zero-order chi connectivity index (χ0) is 17.4. The van der Waals surface area contributed by atoms with Crippen LogP contribution in [0, 0.1) is 0 Å². The SMILES string of the molecule is NC(=O)C(CCCCC(=O)Nc1ccccc1)c1cccc(N)c1. The number of anilines is 2. The third kappa shape index (κ3) is 5.43. The predicted octanol–water partition coefficient (Wildman–Crippen LogP) is 3.04. The molecule has 5 nitrogen and oxygen atoms in total. The highest BCUT2D eigenvalue weighted by molar-refractivity contribution is 5.90. The van der Waals surface area contributed by atoms with Crippen LogP contribution in [0.5, 0.6) is 0 Å². The predicted molar refractivity (Wildman–Crippen MR) is 96.3 cm³/mol. The Hall–Kier alpha value is -2.82. The Bertz CT molecular complexity index is 686. The number of hydrogen-bond acceptors (Lipinski definition) is 3. The topological polar surface area (TPSA) is 98.2 Å². The maximum absolute atomic E-state index is 11.9. The molecule has 126 valence electrons. The Morgan fingerprint density at radius 1 is 1.00 bits per heavy atom. The molecule has 24 heavy (non-hydrogen) atoms. The highest BCUT2D eigenvalue weighted by Gasteiger charge is 2.17. The molecule has 0 aliphatic rings. The number of rotatable bonds is 8. The zero-order valence-electron chi connectivity index (χ0n) is 13.6. The van der Waals surface area contributed by atoms with E-state index in [0.29, 0.717) is 24.9 Å². The van der Waals surface area contributed by atoms with Crippen molar-refractivity contribution in [2.45, 2.75) is 31.6 Å². The number of carbonyl (C=O) groups is 2. The Kier molecular flexibility index (Phi) is 6.37. The first-order chi connectivity index (χ1) is 11.6. The number of nitrogens with two attached hydrogens (primary N) is 2. The molecule has 0 radical (unpaired) electrons. The average Bonchev–Trinajstić information content (AvgIpc) is 2.55. The first-order valence-corrected chi connectivity index (χ1v) is 8.06. The van der Waals surface area contributed by atoms with Crippen LogP contribution in [0.15, 0.2) is 54.6 Å². The smallest absolute Gasteiger partial charge is 0.224 e. The second-order valence-electron chi connectivity index (χ2n) is 5.79. The summed E-state index contributed by atoms with van der Waals surface area (Å²) in [6.45, 7) is 0. The van der Waals surface area contributed by atoms with Gasteiger partial charge < -0.3 is 16.8 Å². The van der Waals surface area contributed by atoms with Crippen molar-refractivity contribution in [2.24, 2.45) is 5.73 Å². The van der Waals surface area contributed by atoms with Gasteiger partial charge in [0.1, 0.15) is 0 Å². The van der Waals surface area contributed by atoms with E-state index >= 15 is 0 Å². The van der Waals surface area contributed by atoms with Crippen molar-refractivity contribution in [3.8, 4) is 0 Å². The summed E-state index contributed by atoms with van der Waals surface area (Å²) >= 11 is 0. The molecule has 2 rings (SSSR count). The van der Waals surface area contributed by atoms with Gasteiger partial charge in [-0.15, -0.1) is 0 Å². The van der Waals surface area contributed by atoms with E-state index in [1.165, 1.54) is 0 Å². The van der Waals surface area contributed by atoms with Crippen molar-refractivity contribution in [3.63, 3.8) is 0 Å². The van der Waals surface area contributed by atoms with Crippen molar-refractivity contribution in [1.82, 2.24) is 0 Å². The summed E-state index contributed by atoms with van der Waals surface area (Å²) in [4.78, 5) is 23.6. The lowest BCUT2D eigenvalue weighted by molar-refractivity contribution is -0.119. The Morgan fingerprint density at radius 2 is 1.75 bits per heavy atom. The summed E-state index contributed by atoms with van der Waals surface area (Å²) < 4.78 is 0. The van der Waals surface area contributed by atoms with Gasteiger partial charge in [-0.25, -0.2) is 0 Å². The van der Waals surface area contributed by atoms with E-state index in [1.807, 2.05) is 42.5 Å². The summed E-state index contributed by atoms with van der Waals surface area (Å²) in [7, 11) is 0. The van der Waals surface area contributed by atoms with Crippen molar-refractivity contribution in [2.75, 3.05) is 11.1 Å². The van der Waals surface area contributed by atoms with Crippen LogP contribution in [0.25, 0.3) is 0 Å². The lowest BCUT2D eigenvalue weighted by atomic mass is 9.92. The third-order valence-electron chi connectivity index (χ3n) is 3.86. The first kappa shape index (κ1) is 17.5. The molecule has 0 fully saturated rings. The van der Waals surface area contributed by atoms with Gasteiger partial charge in [0.15, 0.2) is 0 Å². The molecular weight excluding hydrogens is 302 g/mol. The number of hydrogen-bond donors (Lipinski definition) is 3. The van der Waals surface area contributed by atoms with Crippen LogP contribution in [-0.2, 0) is 9.59 Å². The fourth-order valence-electron chi connectivity index (χ4n) is 2.63. The molecule has 2 amide bonds. The second kappa shape index (κ2) is 8.72. The van der Waals surface area contributed by atoms with Gasteiger partial charge in [0.25, 0.3) is 0 Å². The molecule has 0 saturated carbocycles. The molecule has 5 N–H and O–H groups in total. The van der Waals surface area contributed by atoms with Crippen LogP contribution in [0.1, 0.15) is 37.2 Å². The Balaban J connectivity index is 1.79. The van der Waals surface area contributed by atoms with Gasteiger partial charge >= 0.3 is 0 Å². The van der Waals surface area contributed by atoms with Crippen LogP contribution < -0.4 is 16.8 Å². The quantitative estimate of drug-likeness (QED) is 0.514. The number of primary amides is 1. The zero-order valence-corrected chi connectivity index (χ0v) is 13.6. The Labute approximate surface area is 142 Å². The first-order valence-electron chi connectivity index (χ1n) is 8.06. The largest absolute Gasteiger partial charge is 0.399 e. The molecule has 0 spiro atoms. The van der Waals surface area contributed by atoms with Crippen molar-refractivity contribution in [1.29, 1.82) is 0 Å². The van der Waals surface area contributed by atoms with Gasteiger partial charge in [-0.05, 0) is 42.7 Å². The van der Waals surface area contributed by atoms with Crippen molar-refractivity contribution >= 4 is 23.2 Å². The van der Waals surface area contributed by atoms with E-state index in [4.69, 9.17) is 11.5 Å². The summed E-state index contributed by atoms with van der Waals surface area (Å²) in [6.07, 6.45) is 2.46. The number of unbranched alkanes of at least 4 members (excludes halogenated alkanes) is 1. The normalized spacial score (nSPS) is 11.7. The van der Waals surface area contributed by atoms with E-state index in [2.05, 4.69) is 5.32 Å². The number of carbonyl (C=O) groups excluding carboxylic acids is 2. The van der Waals surface area contributed by atoms with Gasteiger partial charge in [0, 0.05) is 17.8 Å². The number of para-hydroxylation sites is 1. The molecule has 0 aromatic heterocycles. The molecule has 0 bridgehead atoms. The van der Waals surface area contributed by atoms with E-state index in [0.717, 1.165) is 17.7 Å². The molecule has 2 aromatic rings. The minimum absolute atomic E-state index is 0.0271. The molecule has 1 unspecified atom stereocenters. The molecular formula is C19H23N3O2. The standard InChI is InChI=1S/C19H23N3O2/c20-15-8-6-7-14(13-15)17(19(21)24)11-4-5-12-18(23)22-16-9-2-1-3-10-16/h1-3,6-10,13,17H,4-5,11-12,20H2,(H2,21,24)(H,22,23). The van der Waals surface area contributed by atoms with E-state index in [9.17, 15) is 9.59 Å². The molecule has 0 heterocycles. The molecule has 0 aliphatic carbocycles. The van der Waals surface area contributed by atoms with Gasteiger partial charge in [-0.3, -0.25) is 9.59 Å². The molecule has 1 atom stereocenters.